The molecule has 88 valence electrons. The fraction of sp³-hybridized carbons (Fsp3) is 0.769. The Balaban J connectivity index is 3.81. The lowest BCUT2D eigenvalue weighted by Gasteiger charge is -2.22. The number of carbonyl (C=O) groups excluding carboxylic acids is 1. The molecule has 15 heavy (non-hydrogen) atoms. The molecule has 0 aromatic rings. The van der Waals surface area contributed by atoms with Crippen molar-refractivity contribution in [3.8, 4) is 0 Å². The van der Waals surface area contributed by atoms with E-state index in [0.29, 0.717) is 5.91 Å². The second kappa shape index (κ2) is 8.51. The van der Waals surface area contributed by atoms with E-state index in [0.717, 1.165) is 38.8 Å². The predicted octanol–water partition coefficient (Wildman–Crippen LogP) is 3.24. The molecule has 2 heteroatoms. The third kappa shape index (κ3) is 5.60. The zero-order valence-electron chi connectivity index (χ0n) is 10.5. The smallest absolute Gasteiger partial charge is 0.225 e. The molecule has 0 aliphatic rings. The molecule has 0 aliphatic carbocycles. The van der Waals surface area contributed by atoms with Gasteiger partial charge < -0.3 is 4.90 Å². The van der Waals surface area contributed by atoms with Crippen LogP contribution in [0.2, 0.25) is 0 Å². The highest BCUT2D eigenvalue weighted by Crippen LogP contribution is 2.12. The molecule has 2 nitrogen and oxygen atoms in total. The van der Waals surface area contributed by atoms with Crippen molar-refractivity contribution in [3.05, 3.63) is 12.7 Å². The monoisotopic (exact) mass is 211 g/mol. The highest BCUT2D eigenvalue weighted by molar-refractivity contribution is 5.78. The maximum absolute atomic E-state index is 11.9. The van der Waals surface area contributed by atoms with Gasteiger partial charge >= 0.3 is 0 Å². The van der Waals surface area contributed by atoms with Crippen molar-refractivity contribution in [1.29, 1.82) is 0 Å². The summed E-state index contributed by atoms with van der Waals surface area (Å²) in [4.78, 5) is 13.8. The number of carbonyl (C=O) groups is 1. The first kappa shape index (κ1) is 14.2. The molecule has 0 fully saturated rings. The van der Waals surface area contributed by atoms with E-state index in [1.165, 1.54) is 0 Å². The van der Waals surface area contributed by atoms with Crippen LogP contribution in [0.25, 0.3) is 0 Å². The van der Waals surface area contributed by atoms with Gasteiger partial charge in [-0.15, -0.1) is 6.58 Å². The number of unbranched alkanes of at least 4 members (excludes halogenated alkanes) is 2. The highest BCUT2D eigenvalue weighted by atomic mass is 16.2. The van der Waals surface area contributed by atoms with Gasteiger partial charge in [0.05, 0.1) is 0 Å². The van der Waals surface area contributed by atoms with E-state index in [9.17, 15) is 4.79 Å². The van der Waals surface area contributed by atoms with Crippen LogP contribution in [0.4, 0.5) is 0 Å². The molecule has 1 atom stereocenters. The summed E-state index contributed by atoms with van der Waals surface area (Å²) in [5.74, 6) is 0.480. The zero-order chi connectivity index (χ0) is 11.7. The van der Waals surface area contributed by atoms with Crippen molar-refractivity contribution in [2.75, 3.05) is 13.1 Å². The molecule has 0 spiro atoms. The standard InChI is InChI=1S/C13H25NO/c1-5-8-9-10-11-12(4)13(15)14(6-2)7-3/h5,12H,1,6-11H2,2-4H3. The summed E-state index contributed by atoms with van der Waals surface area (Å²) in [7, 11) is 0. The number of allylic oxidation sites excluding steroid dienone is 1. The van der Waals surface area contributed by atoms with E-state index in [4.69, 9.17) is 0 Å². The number of nitrogens with zero attached hydrogens (tertiary/aromatic N) is 1. The lowest BCUT2D eigenvalue weighted by atomic mass is 10.0. The molecule has 0 aliphatic heterocycles. The van der Waals surface area contributed by atoms with E-state index < -0.39 is 0 Å². The number of hydrogen-bond donors (Lipinski definition) is 0. The molecule has 0 aromatic heterocycles. The van der Waals surface area contributed by atoms with Crippen LogP contribution in [0.15, 0.2) is 12.7 Å². The SMILES string of the molecule is C=CCCCCC(C)C(=O)N(CC)CC. The first-order valence-electron chi connectivity index (χ1n) is 6.07. The van der Waals surface area contributed by atoms with Crippen LogP contribution in [0.5, 0.6) is 0 Å². The first-order valence-corrected chi connectivity index (χ1v) is 6.07. The van der Waals surface area contributed by atoms with Gasteiger partial charge in [-0.05, 0) is 33.1 Å². The van der Waals surface area contributed by atoms with Crippen LogP contribution < -0.4 is 0 Å². The summed E-state index contributed by atoms with van der Waals surface area (Å²) in [5, 5.41) is 0. The van der Waals surface area contributed by atoms with Crippen molar-refractivity contribution in [1.82, 2.24) is 4.90 Å². The maximum Gasteiger partial charge on any atom is 0.225 e. The Morgan fingerprint density at radius 3 is 2.40 bits per heavy atom. The average molecular weight is 211 g/mol. The molecule has 0 rings (SSSR count). The van der Waals surface area contributed by atoms with Gasteiger partial charge in [-0.2, -0.15) is 0 Å². The minimum atomic E-state index is 0.176. The Kier molecular flexibility index (Phi) is 8.06. The van der Waals surface area contributed by atoms with Gasteiger partial charge in [0.1, 0.15) is 0 Å². The third-order valence-electron chi connectivity index (χ3n) is 2.79. The van der Waals surface area contributed by atoms with E-state index in [1.54, 1.807) is 0 Å². The predicted molar refractivity (Wildman–Crippen MR) is 65.8 cm³/mol. The van der Waals surface area contributed by atoms with Crippen molar-refractivity contribution < 1.29 is 4.79 Å². The molecule has 0 saturated carbocycles. The van der Waals surface area contributed by atoms with Gasteiger partial charge in [0.15, 0.2) is 0 Å². The van der Waals surface area contributed by atoms with Crippen LogP contribution in [0.3, 0.4) is 0 Å². The van der Waals surface area contributed by atoms with Crippen molar-refractivity contribution in [2.45, 2.75) is 46.5 Å². The average Bonchev–Trinajstić information content (AvgIpc) is 2.25. The summed E-state index contributed by atoms with van der Waals surface area (Å²) in [6.07, 6.45) is 6.28. The van der Waals surface area contributed by atoms with Gasteiger partial charge in [-0.1, -0.05) is 19.4 Å². The molecule has 0 bridgehead atoms. The summed E-state index contributed by atoms with van der Waals surface area (Å²) >= 11 is 0. The maximum atomic E-state index is 11.9. The zero-order valence-corrected chi connectivity index (χ0v) is 10.5. The molecule has 1 amide bonds. The van der Waals surface area contributed by atoms with E-state index in [-0.39, 0.29) is 5.92 Å². The second-order valence-corrected chi connectivity index (χ2v) is 3.98. The van der Waals surface area contributed by atoms with Gasteiger partial charge in [0, 0.05) is 19.0 Å². The van der Waals surface area contributed by atoms with Crippen LogP contribution in [-0.2, 0) is 4.79 Å². The van der Waals surface area contributed by atoms with Crippen LogP contribution >= 0.6 is 0 Å². The lowest BCUT2D eigenvalue weighted by Crippen LogP contribution is -2.34. The Morgan fingerprint density at radius 1 is 1.33 bits per heavy atom. The highest BCUT2D eigenvalue weighted by Gasteiger charge is 2.16. The summed E-state index contributed by atoms with van der Waals surface area (Å²) in [6, 6.07) is 0. The minimum absolute atomic E-state index is 0.176. The molecule has 1 unspecified atom stereocenters. The first-order chi connectivity index (χ1) is 7.17. The van der Waals surface area contributed by atoms with Crippen molar-refractivity contribution >= 4 is 5.91 Å². The van der Waals surface area contributed by atoms with Gasteiger partial charge in [-0.3, -0.25) is 4.79 Å². The number of hydrogen-bond acceptors (Lipinski definition) is 1. The molecule has 0 N–H and O–H groups in total. The lowest BCUT2D eigenvalue weighted by molar-refractivity contribution is -0.134. The minimum Gasteiger partial charge on any atom is -0.343 e. The van der Waals surface area contributed by atoms with Crippen LogP contribution in [-0.4, -0.2) is 23.9 Å². The largest absolute Gasteiger partial charge is 0.343 e. The molecule has 0 aromatic carbocycles. The normalized spacial score (nSPS) is 12.2. The Labute approximate surface area is 94.4 Å². The molecular formula is C13H25NO. The quantitative estimate of drug-likeness (QED) is 0.446. The Bertz CT molecular complexity index is 185. The van der Waals surface area contributed by atoms with Crippen LogP contribution in [0.1, 0.15) is 46.5 Å². The Morgan fingerprint density at radius 2 is 1.93 bits per heavy atom. The van der Waals surface area contributed by atoms with Gasteiger partial charge in [0.2, 0.25) is 5.91 Å². The van der Waals surface area contributed by atoms with E-state index in [2.05, 4.69) is 6.58 Å². The van der Waals surface area contributed by atoms with Gasteiger partial charge in [0.25, 0.3) is 0 Å². The van der Waals surface area contributed by atoms with Crippen molar-refractivity contribution in [2.24, 2.45) is 5.92 Å². The number of amides is 1. The molecule has 0 radical (unpaired) electrons. The molecular weight excluding hydrogens is 186 g/mol. The summed E-state index contributed by atoms with van der Waals surface area (Å²) in [5.41, 5.74) is 0. The second-order valence-electron chi connectivity index (χ2n) is 3.98. The summed E-state index contributed by atoms with van der Waals surface area (Å²) < 4.78 is 0. The Hall–Kier alpha value is -0.790. The topological polar surface area (TPSA) is 20.3 Å². The van der Waals surface area contributed by atoms with Crippen molar-refractivity contribution in [3.63, 3.8) is 0 Å². The number of rotatable bonds is 8. The molecule has 0 saturated heterocycles. The third-order valence-corrected chi connectivity index (χ3v) is 2.79. The fourth-order valence-electron chi connectivity index (χ4n) is 1.71. The fourth-order valence-corrected chi connectivity index (χ4v) is 1.71. The molecule has 0 heterocycles. The van der Waals surface area contributed by atoms with E-state index in [1.807, 2.05) is 31.7 Å². The van der Waals surface area contributed by atoms with Gasteiger partial charge in [-0.25, -0.2) is 0 Å². The summed E-state index contributed by atoms with van der Waals surface area (Å²) in [6.45, 7) is 11.4. The van der Waals surface area contributed by atoms with E-state index >= 15 is 0 Å². The van der Waals surface area contributed by atoms with Crippen LogP contribution in [0, 0.1) is 5.92 Å².